The molecule has 138 valence electrons. The lowest BCUT2D eigenvalue weighted by Crippen LogP contribution is -2.53. The first-order valence-electron chi connectivity index (χ1n) is 9.35. The Morgan fingerprint density at radius 2 is 1.77 bits per heavy atom. The van der Waals surface area contributed by atoms with Crippen LogP contribution < -0.4 is 11.1 Å². The molecule has 3 N–H and O–H groups in total. The number of carbonyl (C=O) groups excluding carboxylic acids is 1. The second-order valence-corrected chi connectivity index (χ2v) is 7.75. The van der Waals surface area contributed by atoms with Crippen LogP contribution in [0.5, 0.6) is 0 Å². The minimum Gasteiger partial charge on any atom is -0.354 e. The van der Waals surface area contributed by atoms with Gasteiger partial charge in [0.2, 0.25) is 5.91 Å². The maximum atomic E-state index is 12.3. The summed E-state index contributed by atoms with van der Waals surface area (Å²) in [5.74, 6) is 0.00633. The number of nitrogens with zero attached hydrogens (tertiary/aromatic N) is 1. The fraction of sp³-hybridized carbons (Fsp3) is 0.409. The van der Waals surface area contributed by atoms with Gasteiger partial charge in [0, 0.05) is 37.6 Å². The molecule has 1 unspecified atom stereocenters. The van der Waals surface area contributed by atoms with Crippen LogP contribution in [0.4, 0.5) is 0 Å². The molecule has 1 aliphatic heterocycles. The van der Waals surface area contributed by atoms with Gasteiger partial charge in [0.05, 0.1) is 0 Å². The average Bonchev–Trinajstić information content (AvgIpc) is 2.67. The van der Waals surface area contributed by atoms with Gasteiger partial charge in [-0.2, -0.15) is 0 Å². The highest BCUT2D eigenvalue weighted by Gasteiger charge is 2.30. The molecule has 0 saturated heterocycles. The normalized spacial score (nSPS) is 16.0. The Hall–Kier alpha value is -2.17. The summed E-state index contributed by atoms with van der Waals surface area (Å²) in [6.07, 6.45) is 1.37. The molecule has 0 saturated carbocycles. The van der Waals surface area contributed by atoms with Gasteiger partial charge < -0.3 is 11.1 Å². The monoisotopic (exact) mass is 351 g/mol. The van der Waals surface area contributed by atoms with Gasteiger partial charge in [-0.15, -0.1) is 0 Å². The first kappa shape index (κ1) is 18.6. The molecule has 0 aromatic heterocycles. The maximum absolute atomic E-state index is 12.3. The number of nitrogens with one attached hydrogen (secondary N) is 1. The van der Waals surface area contributed by atoms with E-state index in [1.165, 1.54) is 11.1 Å². The summed E-state index contributed by atoms with van der Waals surface area (Å²) in [4.78, 5) is 14.8. The van der Waals surface area contributed by atoms with E-state index >= 15 is 0 Å². The fourth-order valence-corrected chi connectivity index (χ4v) is 3.53. The van der Waals surface area contributed by atoms with Crippen LogP contribution in [0.25, 0.3) is 0 Å². The van der Waals surface area contributed by atoms with Crippen LogP contribution in [-0.4, -0.2) is 29.4 Å². The molecule has 1 atom stereocenters. The topological polar surface area (TPSA) is 58.4 Å². The number of fused-ring (bicyclic) bond motifs is 1. The summed E-state index contributed by atoms with van der Waals surface area (Å²) in [7, 11) is 0. The van der Waals surface area contributed by atoms with Gasteiger partial charge in [-0.1, -0.05) is 54.6 Å². The number of carbonyl (C=O) groups is 1. The quantitative estimate of drug-likeness (QED) is 0.841. The zero-order chi connectivity index (χ0) is 18.6. The Labute approximate surface area is 156 Å². The molecule has 26 heavy (non-hydrogen) atoms. The van der Waals surface area contributed by atoms with Crippen LogP contribution in [0, 0.1) is 0 Å². The van der Waals surface area contributed by atoms with Crippen molar-refractivity contribution in [2.45, 2.75) is 44.8 Å². The Morgan fingerprint density at radius 3 is 2.50 bits per heavy atom. The smallest absolute Gasteiger partial charge is 0.221 e. The Kier molecular flexibility index (Phi) is 5.74. The first-order valence-corrected chi connectivity index (χ1v) is 9.35. The third-order valence-corrected chi connectivity index (χ3v) is 5.34. The SMILES string of the molecule is CC(C)(CNC(=O)CC(N)c1ccccc1)N1CCc2ccccc2C1. The lowest BCUT2D eigenvalue weighted by molar-refractivity contribution is -0.122. The van der Waals surface area contributed by atoms with Crippen molar-refractivity contribution in [3.8, 4) is 0 Å². The van der Waals surface area contributed by atoms with E-state index < -0.39 is 0 Å². The molecular formula is C22H29N3O. The summed E-state index contributed by atoms with van der Waals surface area (Å²) >= 11 is 0. The second-order valence-electron chi connectivity index (χ2n) is 7.75. The minimum atomic E-state index is -0.263. The zero-order valence-electron chi connectivity index (χ0n) is 15.7. The van der Waals surface area contributed by atoms with E-state index in [-0.39, 0.29) is 17.5 Å². The van der Waals surface area contributed by atoms with Crippen molar-refractivity contribution in [2.75, 3.05) is 13.1 Å². The maximum Gasteiger partial charge on any atom is 0.221 e. The highest BCUT2D eigenvalue weighted by molar-refractivity contribution is 5.76. The Morgan fingerprint density at radius 1 is 1.12 bits per heavy atom. The van der Waals surface area contributed by atoms with E-state index in [0.717, 1.165) is 25.1 Å². The van der Waals surface area contributed by atoms with Gasteiger partial charge in [0.25, 0.3) is 0 Å². The van der Waals surface area contributed by atoms with E-state index in [4.69, 9.17) is 5.73 Å². The molecule has 4 heteroatoms. The second kappa shape index (κ2) is 8.02. The lowest BCUT2D eigenvalue weighted by Gasteiger charge is -2.41. The fourth-order valence-electron chi connectivity index (χ4n) is 3.53. The van der Waals surface area contributed by atoms with Crippen LogP contribution in [0.2, 0.25) is 0 Å². The number of amides is 1. The lowest BCUT2D eigenvalue weighted by atomic mass is 9.94. The summed E-state index contributed by atoms with van der Waals surface area (Å²) in [6, 6.07) is 18.1. The van der Waals surface area contributed by atoms with Gasteiger partial charge in [0.15, 0.2) is 0 Å². The van der Waals surface area contributed by atoms with Gasteiger partial charge in [-0.05, 0) is 37.0 Å². The van der Waals surface area contributed by atoms with E-state index in [2.05, 4.69) is 48.3 Å². The molecule has 0 aliphatic carbocycles. The molecule has 0 bridgehead atoms. The number of benzene rings is 2. The third-order valence-electron chi connectivity index (χ3n) is 5.34. The largest absolute Gasteiger partial charge is 0.354 e. The van der Waals surface area contributed by atoms with Crippen LogP contribution in [-0.2, 0) is 17.8 Å². The van der Waals surface area contributed by atoms with Crippen LogP contribution in [0.1, 0.15) is 43.0 Å². The van der Waals surface area contributed by atoms with Crippen LogP contribution in [0.15, 0.2) is 54.6 Å². The number of nitrogens with two attached hydrogens (primary N) is 1. The molecule has 2 aromatic rings. The molecule has 3 rings (SSSR count). The van der Waals surface area contributed by atoms with Gasteiger partial charge in [-0.3, -0.25) is 9.69 Å². The van der Waals surface area contributed by atoms with Gasteiger partial charge >= 0.3 is 0 Å². The Balaban J connectivity index is 1.52. The van der Waals surface area contributed by atoms with Crippen molar-refractivity contribution in [1.29, 1.82) is 0 Å². The summed E-state index contributed by atoms with van der Waals surface area (Å²) in [5, 5.41) is 3.08. The molecule has 0 radical (unpaired) electrons. The van der Waals surface area contributed by atoms with Crippen molar-refractivity contribution in [3.05, 3.63) is 71.3 Å². The summed E-state index contributed by atoms with van der Waals surface area (Å²) in [6.45, 7) is 6.96. The molecule has 1 aliphatic rings. The van der Waals surface area contributed by atoms with Crippen molar-refractivity contribution in [2.24, 2.45) is 5.73 Å². The van der Waals surface area contributed by atoms with E-state index in [1.807, 2.05) is 30.3 Å². The molecule has 1 amide bonds. The third kappa shape index (κ3) is 4.51. The van der Waals surface area contributed by atoms with E-state index in [9.17, 15) is 4.79 Å². The summed E-state index contributed by atoms with van der Waals surface area (Å²) < 4.78 is 0. The van der Waals surface area contributed by atoms with Crippen molar-refractivity contribution in [1.82, 2.24) is 10.2 Å². The van der Waals surface area contributed by atoms with E-state index in [1.54, 1.807) is 0 Å². The zero-order valence-corrected chi connectivity index (χ0v) is 15.7. The first-order chi connectivity index (χ1) is 12.5. The predicted molar refractivity (Wildman–Crippen MR) is 106 cm³/mol. The number of hydrogen-bond donors (Lipinski definition) is 2. The van der Waals surface area contributed by atoms with Crippen LogP contribution in [0.3, 0.4) is 0 Å². The number of rotatable bonds is 6. The highest BCUT2D eigenvalue weighted by Crippen LogP contribution is 2.25. The molecule has 0 fully saturated rings. The molecule has 0 spiro atoms. The van der Waals surface area contributed by atoms with Crippen molar-refractivity contribution >= 4 is 5.91 Å². The molecular weight excluding hydrogens is 322 g/mol. The minimum absolute atomic E-state index is 0.00633. The van der Waals surface area contributed by atoms with Gasteiger partial charge in [0.1, 0.15) is 0 Å². The van der Waals surface area contributed by atoms with Gasteiger partial charge in [-0.25, -0.2) is 0 Å². The Bertz CT molecular complexity index is 742. The molecule has 2 aromatic carbocycles. The average molecular weight is 351 g/mol. The number of hydrogen-bond acceptors (Lipinski definition) is 3. The van der Waals surface area contributed by atoms with Crippen molar-refractivity contribution in [3.63, 3.8) is 0 Å². The molecule has 1 heterocycles. The highest BCUT2D eigenvalue weighted by atomic mass is 16.1. The summed E-state index contributed by atoms with van der Waals surface area (Å²) in [5.41, 5.74) is 9.89. The predicted octanol–water partition coefficient (Wildman–Crippen LogP) is 3.03. The van der Waals surface area contributed by atoms with Crippen molar-refractivity contribution < 1.29 is 4.79 Å². The molecule has 4 nitrogen and oxygen atoms in total. The standard InChI is InChI=1S/C22H29N3O/c1-22(2,25-13-12-17-8-6-7-11-19(17)15-25)16-24-21(26)14-20(23)18-9-4-3-5-10-18/h3-11,20H,12-16,23H2,1-2H3,(H,24,26). The van der Waals surface area contributed by atoms with E-state index in [0.29, 0.717) is 13.0 Å². The van der Waals surface area contributed by atoms with Crippen LogP contribution >= 0.6 is 0 Å².